The number of nitrogens with one attached hydrogen (secondary N) is 1. The number of carbonyl (C=O) groups is 1. The fraction of sp³-hybridized carbons (Fsp3) is 0.190. The summed E-state index contributed by atoms with van der Waals surface area (Å²) in [5.41, 5.74) is 1.06. The van der Waals surface area contributed by atoms with Gasteiger partial charge in [-0.3, -0.25) is 19.5 Å². The molecule has 1 amide bonds. The van der Waals surface area contributed by atoms with Crippen molar-refractivity contribution in [3.63, 3.8) is 0 Å². The summed E-state index contributed by atoms with van der Waals surface area (Å²) in [4.78, 5) is 22.9. The molecule has 1 N–H and O–H groups in total. The van der Waals surface area contributed by atoms with Crippen molar-refractivity contribution in [1.29, 1.82) is 0 Å². The van der Waals surface area contributed by atoms with E-state index in [1.54, 1.807) is 11.3 Å². The number of thioether (sulfide) groups is 1. The number of amides is 1. The minimum atomic E-state index is -0.590. The number of hydrogen-bond acceptors (Lipinski definition) is 7. The Morgan fingerprint density at radius 2 is 2.06 bits per heavy atom. The Balaban J connectivity index is 1.52. The van der Waals surface area contributed by atoms with Gasteiger partial charge >= 0.3 is 0 Å². The molecule has 0 unspecified atom stereocenters. The van der Waals surface area contributed by atoms with Gasteiger partial charge in [0.2, 0.25) is 5.91 Å². The molecule has 2 heterocycles. The van der Waals surface area contributed by atoms with Gasteiger partial charge in [-0.2, -0.15) is 0 Å². The Hall–Kier alpha value is -2.95. The van der Waals surface area contributed by atoms with Gasteiger partial charge < -0.3 is 5.32 Å². The highest BCUT2D eigenvalue weighted by molar-refractivity contribution is 7.99. The number of carbonyl (C=O) groups excluding carboxylic acids is 1. The second-order valence-corrected chi connectivity index (χ2v) is 9.44. The fourth-order valence-electron chi connectivity index (χ4n) is 3.23. The van der Waals surface area contributed by atoms with Crippen LogP contribution in [0.3, 0.4) is 0 Å². The molecule has 0 atom stereocenters. The van der Waals surface area contributed by atoms with Gasteiger partial charge in [0.15, 0.2) is 11.0 Å². The maximum absolute atomic E-state index is 12.5. The average molecular weight is 488 g/mol. The van der Waals surface area contributed by atoms with E-state index < -0.39 is 4.92 Å². The molecule has 8 nitrogen and oxygen atoms in total. The zero-order valence-corrected chi connectivity index (χ0v) is 19.5. The third kappa shape index (κ3) is 4.47. The highest BCUT2D eigenvalue weighted by Crippen LogP contribution is 2.36. The van der Waals surface area contributed by atoms with Crippen LogP contribution in [-0.2, 0) is 4.79 Å². The second-order valence-electron chi connectivity index (χ2n) is 7.18. The molecule has 11 heteroatoms. The lowest BCUT2D eigenvalue weighted by atomic mass is 10.1. The first kappa shape index (κ1) is 22.3. The lowest BCUT2D eigenvalue weighted by Gasteiger charge is -2.13. The van der Waals surface area contributed by atoms with Gasteiger partial charge in [0.05, 0.1) is 10.7 Å². The SMILES string of the molecule is CC(C)n1c(SCC(=O)Nc2ccc(Cl)c([N+](=O)[O-])c2)nnc1-c1csc2ccccc12. The number of benzene rings is 2. The molecule has 0 aliphatic heterocycles. The van der Waals surface area contributed by atoms with Crippen molar-refractivity contribution in [3.05, 3.63) is 63.0 Å². The van der Waals surface area contributed by atoms with Crippen LogP contribution in [0.4, 0.5) is 11.4 Å². The molecule has 0 spiro atoms. The Morgan fingerprint density at radius 1 is 1.28 bits per heavy atom. The predicted molar refractivity (Wildman–Crippen MR) is 129 cm³/mol. The summed E-state index contributed by atoms with van der Waals surface area (Å²) in [6, 6.07) is 12.4. The van der Waals surface area contributed by atoms with Crippen LogP contribution in [0.1, 0.15) is 19.9 Å². The first-order chi connectivity index (χ1) is 15.3. The number of aromatic nitrogens is 3. The van der Waals surface area contributed by atoms with E-state index in [4.69, 9.17) is 11.6 Å². The molecule has 32 heavy (non-hydrogen) atoms. The summed E-state index contributed by atoms with van der Waals surface area (Å²) in [7, 11) is 0. The Morgan fingerprint density at radius 3 is 2.81 bits per heavy atom. The van der Waals surface area contributed by atoms with Crippen molar-refractivity contribution in [2.45, 2.75) is 25.0 Å². The minimum Gasteiger partial charge on any atom is -0.325 e. The van der Waals surface area contributed by atoms with Crippen molar-refractivity contribution in [2.75, 3.05) is 11.1 Å². The zero-order chi connectivity index (χ0) is 22.8. The van der Waals surface area contributed by atoms with E-state index in [0.717, 1.165) is 16.8 Å². The molecule has 2 aromatic heterocycles. The predicted octanol–water partition coefficient (Wildman–Crippen LogP) is 6.03. The van der Waals surface area contributed by atoms with Crippen LogP contribution in [0.15, 0.2) is 53.0 Å². The number of halogens is 1. The van der Waals surface area contributed by atoms with Crippen LogP contribution in [0.25, 0.3) is 21.5 Å². The van der Waals surface area contributed by atoms with Gasteiger partial charge in [-0.1, -0.05) is 41.6 Å². The largest absolute Gasteiger partial charge is 0.325 e. The summed E-state index contributed by atoms with van der Waals surface area (Å²) < 4.78 is 3.19. The zero-order valence-electron chi connectivity index (χ0n) is 17.1. The first-order valence-electron chi connectivity index (χ1n) is 9.63. The van der Waals surface area contributed by atoms with E-state index in [-0.39, 0.29) is 28.4 Å². The van der Waals surface area contributed by atoms with E-state index in [1.807, 2.05) is 30.5 Å². The molecule has 0 saturated heterocycles. The van der Waals surface area contributed by atoms with Crippen molar-refractivity contribution in [2.24, 2.45) is 0 Å². The fourth-order valence-corrected chi connectivity index (χ4v) is 5.23. The summed E-state index contributed by atoms with van der Waals surface area (Å²) in [6.07, 6.45) is 0. The lowest BCUT2D eigenvalue weighted by Crippen LogP contribution is -2.15. The molecular weight excluding hydrogens is 470 g/mol. The van der Waals surface area contributed by atoms with E-state index in [1.165, 1.54) is 34.7 Å². The van der Waals surface area contributed by atoms with Gasteiger partial charge in [-0.25, -0.2) is 0 Å². The van der Waals surface area contributed by atoms with Crippen LogP contribution >= 0.6 is 34.7 Å². The lowest BCUT2D eigenvalue weighted by molar-refractivity contribution is -0.384. The Bertz CT molecular complexity index is 1320. The number of rotatable bonds is 7. The number of fused-ring (bicyclic) bond motifs is 1. The third-order valence-corrected chi connectivity index (χ3v) is 6.89. The van der Waals surface area contributed by atoms with Crippen LogP contribution in [-0.4, -0.2) is 31.3 Å². The van der Waals surface area contributed by atoms with E-state index in [0.29, 0.717) is 10.8 Å². The van der Waals surface area contributed by atoms with Crippen LogP contribution < -0.4 is 5.32 Å². The average Bonchev–Trinajstić information content (AvgIpc) is 3.37. The number of nitrogens with zero attached hydrogens (tertiary/aromatic N) is 4. The summed E-state index contributed by atoms with van der Waals surface area (Å²) in [6.45, 7) is 4.08. The maximum Gasteiger partial charge on any atom is 0.289 e. The van der Waals surface area contributed by atoms with E-state index in [2.05, 4.69) is 33.0 Å². The quantitative estimate of drug-likeness (QED) is 0.194. The smallest absolute Gasteiger partial charge is 0.289 e. The number of nitro benzene ring substituents is 1. The molecule has 0 saturated carbocycles. The van der Waals surface area contributed by atoms with Crippen LogP contribution in [0, 0.1) is 10.1 Å². The van der Waals surface area contributed by atoms with Crippen molar-refractivity contribution in [1.82, 2.24) is 14.8 Å². The molecule has 4 aromatic rings. The van der Waals surface area contributed by atoms with E-state index >= 15 is 0 Å². The van der Waals surface area contributed by atoms with Gasteiger partial charge in [-0.15, -0.1) is 21.5 Å². The van der Waals surface area contributed by atoms with Gasteiger partial charge in [0.1, 0.15) is 5.02 Å². The van der Waals surface area contributed by atoms with Crippen molar-refractivity contribution in [3.8, 4) is 11.4 Å². The van der Waals surface area contributed by atoms with Gasteiger partial charge in [-0.05, 0) is 32.0 Å². The Kier molecular flexibility index (Phi) is 6.45. The number of anilines is 1. The monoisotopic (exact) mass is 487 g/mol. The van der Waals surface area contributed by atoms with Crippen LogP contribution in [0.5, 0.6) is 0 Å². The number of hydrogen-bond donors (Lipinski definition) is 1. The third-order valence-electron chi connectivity index (χ3n) is 4.66. The molecule has 0 radical (unpaired) electrons. The summed E-state index contributed by atoms with van der Waals surface area (Å²) >= 11 is 8.73. The minimum absolute atomic E-state index is 0.0147. The Labute approximate surface area is 196 Å². The molecule has 0 bridgehead atoms. The molecular formula is C21H18ClN5O3S2. The molecule has 0 aliphatic carbocycles. The van der Waals surface area contributed by atoms with Crippen molar-refractivity contribution < 1.29 is 9.72 Å². The first-order valence-corrected chi connectivity index (χ1v) is 11.9. The van der Waals surface area contributed by atoms with E-state index in [9.17, 15) is 14.9 Å². The summed E-state index contributed by atoms with van der Waals surface area (Å²) in [5.74, 6) is 0.521. The van der Waals surface area contributed by atoms with Crippen LogP contribution in [0.2, 0.25) is 5.02 Å². The summed E-state index contributed by atoms with van der Waals surface area (Å²) in [5, 5.41) is 26.3. The molecule has 0 fully saturated rings. The number of thiophene rings is 1. The van der Waals surface area contributed by atoms with Gasteiger partial charge in [0.25, 0.3) is 5.69 Å². The highest BCUT2D eigenvalue weighted by atomic mass is 35.5. The molecule has 164 valence electrons. The molecule has 0 aliphatic rings. The maximum atomic E-state index is 12.5. The molecule has 2 aromatic carbocycles. The topological polar surface area (TPSA) is 103 Å². The van der Waals surface area contributed by atoms with Gasteiger partial charge in [0, 0.05) is 38.8 Å². The number of nitro groups is 1. The standard InChI is InChI=1S/C21H18ClN5O3S2/c1-12(2)26-20(15-10-31-18-6-4-3-5-14(15)18)24-25-21(26)32-11-19(28)23-13-7-8-16(22)17(9-13)27(29)30/h3-10,12H,11H2,1-2H3,(H,23,28). The molecule has 4 rings (SSSR count). The highest BCUT2D eigenvalue weighted by Gasteiger charge is 2.20. The van der Waals surface area contributed by atoms with Crippen molar-refractivity contribution >= 4 is 62.1 Å². The second kappa shape index (κ2) is 9.27. The normalized spacial score (nSPS) is 11.2.